The summed E-state index contributed by atoms with van der Waals surface area (Å²) in [4.78, 5) is 24.8. The van der Waals surface area contributed by atoms with Gasteiger partial charge in [-0.1, -0.05) is 13.8 Å². The summed E-state index contributed by atoms with van der Waals surface area (Å²) in [7, 11) is 0. The van der Waals surface area contributed by atoms with Crippen molar-refractivity contribution in [1.29, 1.82) is 0 Å². The monoisotopic (exact) mass is 268 g/mol. The lowest BCUT2D eigenvalue weighted by Crippen LogP contribution is -2.49. The molecule has 2 aliphatic carbocycles. The molecule has 4 atom stereocenters. The molecule has 108 valence electrons. The second-order valence-electron chi connectivity index (χ2n) is 5.94. The first kappa shape index (κ1) is 14.4. The molecule has 0 spiro atoms. The number of carbonyl (C=O) groups excluding carboxylic acids is 2. The average molecular weight is 268 g/mol. The van der Waals surface area contributed by atoms with Crippen molar-refractivity contribution in [2.75, 3.05) is 13.2 Å². The highest BCUT2D eigenvalue weighted by Crippen LogP contribution is 2.61. The fourth-order valence-electron chi connectivity index (χ4n) is 4.11. The second-order valence-corrected chi connectivity index (χ2v) is 5.94. The lowest BCUT2D eigenvalue weighted by molar-refractivity contribution is -0.179. The molecule has 4 heteroatoms. The van der Waals surface area contributed by atoms with Crippen LogP contribution in [0.25, 0.3) is 0 Å². The van der Waals surface area contributed by atoms with Crippen LogP contribution in [0.1, 0.15) is 40.5 Å². The van der Waals surface area contributed by atoms with Crippen molar-refractivity contribution in [3.8, 4) is 0 Å². The third-order valence-electron chi connectivity index (χ3n) is 5.26. The standard InChI is InChI=1S/C15H24O4/c1-5-18-13(16)15(14(17)19-6-2)8-11-7-12(15)10(4)9(11)3/h9-12H,5-8H2,1-4H3. The minimum Gasteiger partial charge on any atom is -0.465 e. The van der Waals surface area contributed by atoms with Gasteiger partial charge in [0.1, 0.15) is 0 Å². The number of ether oxygens (including phenoxy) is 2. The van der Waals surface area contributed by atoms with Gasteiger partial charge >= 0.3 is 11.9 Å². The Morgan fingerprint density at radius 2 is 1.58 bits per heavy atom. The first-order valence-corrected chi connectivity index (χ1v) is 7.33. The molecule has 2 rings (SSSR count). The molecule has 0 heterocycles. The zero-order valence-corrected chi connectivity index (χ0v) is 12.3. The van der Waals surface area contributed by atoms with E-state index < -0.39 is 5.41 Å². The maximum absolute atomic E-state index is 12.4. The van der Waals surface area contributed by atoms with Crippen LogP contribution < -0.4 is 0 Å². The number of carbonyl (C=O) groups is 2. The quantitative estimate of drug-likeness (QED) is 0.580. The van der Waals surface area contributed by atoms with Crippen LogP contribution in [0.3, 0.4) is 0 Å². The summed E-state index contributed by atoms with van der Waals surface area (Å²) in [5, 5.41) is 0. The molecule has 0 N–H and O–H groups in total. The van der Waals surface area contributed by atoms with E-state index in [2.05, 4.69) is 13.8 Å². The molecule has 2 saturated carbocycles. The smallest absolute Gasteiger partial charge is 0.323 e. The van der Waals surface area contributed by atoms with E-state index >= 15 is 0 Å². The molecule has 0 aliphatic heterocycles. The molecule has 0 aromatic rings. The molecule has 4 nitrogen and oxygen atoms in total. The molecule has 4 unspecified atom stereocenters. The first-order chi connectivity index (χ1) is 8.98. The zero-order valence-electron chi connectivity index (χ0n) is 12.3. The fourth-order valence-corrected chi connectivity index (χ4v) is 4.11. The summed E-state index contributed by atoms with van der Waals surface area (Å²) >= 11 is 0. The summed E-state index contributed by atoms with van der Waals surface area (Å²) in [6.45, 7) is 8.52. The third kappa shape index (κ3) is 1.96. The molecule has 0 radical (unpaired) electrons. The van der Waals surface area contributed by atoms with Crippen LogP contribution >= 0.6 is 0 Å². The van der Waals surface area contributed by atoms with Crippen LogP contribution in [0.15, 0.2) is 0 Å². The van der Waals surface area contributed by atoms with E-state index in [1.807, 2.05) is 0 Å². The number of hydrogen-bond donors (Lipinski definition) is 0. The Labute approximate surface area is 114 Å². The Morgan fingerprint density at radius 3 is 1.95 bits per heavy atom. The second kappa shape index (κ2) is 5.14. The summed E-state index contributed by atoms with van der Waals surface area (Å²) in [6.07, 6.45) is 1.54. The Morgan fingerprint density at radius 1 is 1.05 bits per heavy atom. The van der Waals surface area contributed by atoms with Crippen LogP contribution in [-0.2, 0) is 19.1 Å². The van der Waals surface area contributed by atoms with Gasteiger partial charge in [-0.15, -0.1) is 0 Å². The molecular formula is C15H24O4. The SMILES string of the molecule is CCOC(=O)C1(C(=O)OCC)CC2CC1C(C)C2C. The van der Waals surface area contributed by atoms with Gasteiger partial charge in [0.05, 0.1) is 13.2 Å². The molecule has 2 bridgehead atoms. The van der Waals surface area contributed by atoms with Crippen molar-refractivity contribution >= 4 is 11.9 Å². The van der Waals surface area contributed by atoms with E-state index in [4.69, 9.17) is 9.47 Å². The Bertz CT molecular complexity index is 356. The lowest BCUT2D eigenvalue weighted by Gasteiger charge is -2.38. The van der Waals surface area contributed by atoms with Crippen molar-refractivity contribution in [1.82, 2.24) is 0 Å². The van der Waals surface area contributed by atoms with Crippen molar-refractivity contribution in [3.63, 3.8) is 0 Å². The van der Waals surface area contributed by atoms with E-state index in [0.717, 1.165) is 6.42 Å². The van der Waals surface area contributed by atoms with Gasteiger partial charge in [-0.2, -0.15) is 0 Å². The minimum absolute atomic E-state index is 0.0746. The summed E-state index contributed by atoms with van der Waals surface area (Å²) in [6, 6.07) is 0. The van der Waals surface area contributed by atoms with Gasteiger partial charge in [0.25, 0.3) is 0 Å². The van der Waals surface area contributed by atoms with Crippen molar-refractivity contribution in [3.05, 3.63) is 0 Å². The van der Waals surface area contributed by atoms with Gasteiger partial charge in [-0.3, -0.25) is 9.59 Å². The van der Waals surface area contributed by atoms with E-state index in [0.29, 0.717) is 37.4 Å². The maximum atomic E-state index is 12.4. The lowest BCUT2D eigenvalue weighted by atomic mass is 9.65. The van der Waals surface area contributed by atoms with Gasteiger partial charge in [0.2, 0.25) is 0 Å². The molecule has 0 aromatic carbocycles. The van der Waals surface area contributed by atoms with Gasteiger partial charge in [0, 0.05) is 0 Å². The summed E-state index contributed by atoms with van der Waals surface area (Å²) < 4.78 is 10.4. The molecule has 0 saturated heterocycles. The van der Waals surface area contributed by atoms with Crippen LogP contribution in [-0.4, -0.2) is 25.2 Å². The number of esters is 2. The number of fused-ring (bicyclic) bond motifs is 2. The highest BCUT2D eigenvalue weighted by Gasteiger charge is 2.66. The third-order valence-corrected chi connectivity index (χ3v) is 5.26. The van der Waals surface area contributed by atoms with Gasteiger partial charge < -0.3 is 9.47 Å². The molecule has 0 amide bonds. The van der Waals surface area contributed by atoms with Crippen LogP contribution in [0.5, 0.6) is 0 Å². The molecule has 19 heavy (non-hydrogen) atoms. The molecular weight excluding hydrogens is 244 g/mol. The molecule has 2 fully saturated rings. The zero-order chi connectivity index (χ0) is 14.2. The predicted molar refractivity (Wildman–Crippen MR) is 70.2 cm³/mol. The predicted octanol–water partition coefficient (Wildman–Crippen LogP) is 2.41. The molecule has 2 aliphatic rings. The van der Waals surface area contributed by atoms with Crippen molar-refractivity contribution in [2.45, 2.75) is 40.5 Å². The van der Waals surface area contributed by atoms with E-state index in [-0.39, 0.29) is 17.9 Å². The topological polar surface area (TPSA) is 52.6 Å². The fraction of sp³-hybridized carbons (Fsp3) is 0.867. The maximum Gasteiger partial charge on any atom is 0.323 e. The van der Waals surface area contributed by atoms with E-state index in [1.54, 1.807) is 13.8 Å². The largest absolute Gasteiger partial charge is 0.465 e. The average Bonchev–Trinajstić information content (AvgIpc) is 2.89. The first-order valence-electron chi connectivity index (χ1n) is 7.33. The van der Waals surface area contributed by atoms with Crippen molar-refractivity contribution < 1.29 is 19.1 Å². The minimum atomic E-state index is -1.04. The van der Waals surface area contributed by atoms with Crippen LogP contribution in [0, 0.1) is 29.1 Å². The van der Waals surface area contributed by atoms with Crippen LogP contribution in [0.4, 0.5) is 0 Å². The highest BCUT2D eigenvalue weighted by atomic mass is 16.6. The highest BCUT2D eigenvalue weighted by molar-refractivity contribution is 6.01. The normalized spacial score (nSPS) is 35.2. The number of rotatable bonds is 4. The Balaban J connectivity index is 2.32. The van der Waals surface area contributed by atoms with E-state index in [1.165, 1.54) is 0 Å². The van der Waals surface area contributed by atoms with Crippen molar-refractivity contribution in [2.24, 2.45) is 29.1 Å². The Kier molecular flexibility index (Phi) is 3.88. The van der Waals surface area contributed by atoms with Gasteiger partial charge in [-0.25, -0.2) is 0 Å². The Hall–Kier alpha value is -1.06. The molecule has 0 aromatic heterocycles. The van der Waals surface area contributed by atoms with Gasteiger partial charge in [-0.05, 0) is 50.4 Å². The number of hydrogen-bond acceptors (Lipinski definition) is 4. The summed E-state index contributed by atoms with van der Waals surface area (Å²) in [5.41, 5.74) is -1.04. The summed E-state index contributed by atoms with van der Waals surface area (Å²) in [5.74, 6) is 0.702. The van der Waals surface area contributed by atoms with Crippen LogP contribution in [0.2, 0.25) is 0 Å². The van der Waals surface area contributed by atoms with Gasteiger partial charge in [0.15, 0.2) is 5.41 Å². The van der Waals surface area contributed by atoms with E-state index in [9.17, 15) is 9.59 Å².